The van der Waals surface area contributed by atoms with Crippen molar-refractivity contribution in [3.05, 3.63) is 113 Å². The zero-order valence-corrected chi connectivity index (χ0v) is 19.0. The monoisotopic (exact) mass is 481 g/mol. The molecule has 0 fully saturated rings. The summed E-state index contributed by atoms with van der Waals surface area (Å²) in [5.41, 5.74) is 5.00. The number of halogens is 1. The first kappa shape index (κ1) is 20.2. The number of nitrogens with one attached hydrogen (secondary N) is 1. The van der Waals surface area contributed by atoms with Crippen LogP contribution in [0.25, 0.3) is 27.7 Å². The van der Waals surface area contributed by atoms with Crippen molar-refractivity contribution in [3.8, 4) is 16.9 Å². The SMILES string of the molecule is Cc1ccccc1-n1nc(C(=O)Nc2ccc(Br)cc2)cc1-c1cccc2ccccc12. The maximum atomic E-state index is 13.1. The lowest BCUT2D eigenvalue weighted by Gasteiger charge is -2.12. The lowest BCUT2D eigenvalue weighted by atomic mass is 10.0. The van der Waals surface area contributed by atoms with E-state index >= 15 is 0 Å². The zero-order chi connectivity index (χ0) is 22.1. The summed E-state index contributed by atoms with van der Waals surface area (Å²) in [5.74, 6) is -0.249. The number of carbonyl (C=O) groups is 1. The fourth-order valence-corrected chi connectivity index (χ4v) is 4.11. The summed E-state index contributed by atoms with van der Waals surface area (Å²) in [6, 6.07) is 31.9. The number of hydrogen-bond donors (Lipinski definition) is 1. The second-order valence-corrected chi connectivity index (χ2v) is 8.52. The Hall–Kier alpha value is -3.70. The number of amides is 1. The Morgan fingerprint density at radius 1 is 0.875 bits per heavy atom. The van der Waals surface area contributed by atoms with Gasteiger partial charge in [0.1, 0.15) is 0 Å². The van der Waals surface area contributed by atoms with E-state index in [4.69, 9.17) is 5.10 Å². The van der Waals surface area contributed by atoms with E-state index in [2.05, 4.69) is 45.5 Å². The molecule has 5 aromatic rings. The van der Waals surface area contributed by atoms with Crippen LogP contribution < -0.4 is 5.32 Å². The lowest BCUT2D eigenvalue weighted by molar-refractivity contribution is 0.102. The van der Waals surface area contributed by atoms with Crippen LogP contribution in [0.3, 0.4) is 0 Å². The van der Waals surface area contributed by atoms with Crippen molar-refractivity contribution in [2.45, 2.75) is 6.92 Å². The molecule has 0 bridgehead atoms. The molecule has 32 heavy (non-hydrogen) atoms. The van der Waals surface area contributed by atoms with Gasteiger partial charge >= 0.3 is 0 Å². The number of hydrogen-bond acceptors (Lipinski definition) is 2. The predicted octanol–water partition coefficient (Wildman–Crippen LogP) is 7.02. The number of anilines is 1. The van der Waals surface area contributed by atoms with Gasteiger partial charge in [-0.05, 0) is 59.7 Å². The van der Waals surface area contributed by atoms with E-state index in [1.165, 1.54) is 0 Å². The number of aryl methyl sites for hydroxylation is 1. The molecule has 5 heteroatoms. The van der Waals surface area contributed by atoms with Gasteiger partial charge in [-0.25, -0.2) is 4.68 Å². The zero-order valence-electron chi connectivity index (χ0n) is 17.4. The molecule has 0 aliphatic heterocycles. The molecule has 1 N–H and O–H groups in total. The van der Waals surface area contributed by atoms with Gasteiger partial charge in [-0.15, -0.1) is 0 Å². The highest BCUT2D eigenvalue weighted by molar-refractivity contribution is 9.10. The molecule has 4 aromatic carbocycles. The van der Waals surface area contributed by atoms with Gasteiger partial charge in [-0.1, -0.05) is 76.6 Å². The van der Waals surface area contributed by atoms with Gasteiger partial charge in [0.15, 0.2) is 5.69 Å². The molecule has 0 saturated heterocycles. The van der Waals surface area contributed by atoms with Gasteiger partial charge in [-0.3, -0.25) is 4.79 Å². The van der Waals surface area contributed by atoms with Crippen molar-refractivity contribution in [2.24, 2.45) is 0 Å². The third-order valence-corrected chi connectivity index (χ3v) is 5.98. The van der Waals surface area contributed by atoms with Gasteiger partial charge in [-0.2, -0.15) is 5.10 Å². The minimum absolute atomic E-state index is 0.249. The Balaban J connectivity index is 1.65. The van der Waals surface area contributed by atoms with Crippen LogP contribution in [0, 0.1) is 6.92 Å². The molecule has 0 saturated carbocycles. The predicted molar refractivity (Wildman–Crippen MR) is 133 cm³/mol. The van der Waals surface area contributed by atoms with Gasteiger partial charge in [0.05, 0.1) is 11.4 Å². The Bertz CT molecular complexity index is 1430. The summed E-state index contributed by atoms with van der Waals surface area (Å²) in [4.78, 5) is 13.1. The number of carbonyl (C=O) groups excluding carboxylic acids is 1. The summed E-state index contributed by atoms with van der Waals surface area (Å²) < 4.78 is 2.82. The van der Waals surface area contributed by atoms with Crippen LogP contribution in [-0.4, -0.2) is 15.7 Å². The quantitative estimate of drug-likeness (QED) is 0.299. The standard InChI is InChI=1S/C27H20BrN3O/c1-18-7-2-5-12-25(18)31-26(23-11-6-9-19-8-3-4-10-22(19)23)17-24(30-31)27(32)29-21-15-13-20(28)14-16-21/h2-17H,1H3,(H,29,32). The number of nitrogens with zero attached hydrogens (tertiary/aromatic N) is 2. The second-order valence-electron chi connectivity index (χ2n) is 7.60. The van der Waals surface area contributed by atoms with Crippen LogP contribution >= 0.6 is 15.9 Å². The molecular formula is C27H20BrN3O. The molecule has 5 rings (SSSR count). The molecule has 1 aromatic heterocycles. The minimum atomic E-state index is -0.249. The first-order chi connectivity index (χ1) is 15.6. The fraction of sp³-hybridized carbons (Fsp3) is 0.0370. The van der Waals surface area contributed by atoms with Crippen LogP contribution in [0.15, 0.2) is 102 Å². The maximum absolute atomic E-state index is 13.1. The average Bonchev–Trinajstić information content (AvgIpc) is 3.26. The second kappa shape index (κ2) is 8.44. The van der Waals surface area contributed by atoms with Crippen molar-refractivity contribution in [1.29, 1.82) is 0 Å². The molecule has 4 nitrogen and oxygen atoms in total. The Labute approximate surface area is 194 Å². The number of benzene rings is 4. The van der Waals surface area contributed by atoms with Crippen LogP contribution in [0.1, 0.15) is 16.1 Å². The van der Waals surface area contributed by atoms with Crippen LogP contribution in [0.4, 0.5) is 5.69 Å². The third-order valence-electron chi connectivity index (χ3n) is 5.45. The lowest BCUT2D eigenvalue weighted by Crippen LogP contribution is -2.13. The van der Waals surface area contributed by atoms with E-state index in [9.17, 15) is 4.79 Å². The molecule has 0 aliphatic rings. The largest absolute Gasteiger partial charge is 0.321 e. The van der Waals surface area contributed by atoms with E-state index in [-0.39, 0.29) is 5.91 Å². The summed E-state index contributed by atoms with van der Waals surface area (Å²) in [5, 5.41) is 9.94. The summed E-state index contributed by atoms with van der Waals surface area (Å²) >= 11 is 3.42. The average molecular weight is 482 g/mol. The molecule has 0 unspecified atom stereocenters. The van der Waals surface area contributed by atoms with Gasteiger partial charge < -0.3 is 5.32 Å². The molecule has 156 valence electrons. The Morgan fingerprint density at radius 2 is 1.59 bits per heavy atom. The highest BCUT2D eigenvalue weighted by Gasteiger charge is 2.19. The maximum Gasteiger partial charge on any atom is 0.276 e. The summed E-state index contributed by atoms with van der Waals surface area (Å²) in [7, 11) is 0. The van der Waals surface area contributed by atoms with Crippen molar-refractivity contribution < 1.29 is 4.79 Å². The molecule has 1 heterocycles. The van der Waals surface area contributed by atoms with Crippen molar-refractivity contribution >= 4 is 38.3 Å². The van der Waals surface area contributed by atoms with Crippen LogP contribution in [-0.2, 0) is 0 Å². The first-order valence-electron chi connectivity index (χ1n) is 10.3. The molecule has 0 spiro atoms. The van der Waals surface area contributed by atoms with E-state index < -0.39 is 0 Å². The van der Waals surface area contributed by atoms with Crippen LogP contribution in [0.5, 0.6) is 0 Å². The van der Waals surface area contributed by atoms with Crippen molar-refractivity contribution in [2.75, 3.05) is 5.32 Å². The van der Waals surface area contributed by atoms with Gasteiger partial charge in [0.25, 0.3) is 5.91 Å². The molecule has 0 atom stereocenters. The number of fused-ring (bicyclic) bond motifs is 1. The highest BCUT2D eigenvalue weighted by Crippen LogP contribution is 2.32. The summed E-state index contributed by atoms with van der Waals surface area (Å²) in [6.45, 7) is 2.05. The topological polar surface area (TPSA) is 46.9 Å². The molecular weight excluding hydrogens is 462 g/mol. The molecule has 0 aliphatic carbocycles. The number of para-hydroxylation sites is 1. The van der Waals surface area contributed by atoms with Gasteiger partial charge in [0, 0.05) is 15.7 Å². The van der Waals surface area contributed by atoms with E-state index in [1.807, 2.05) is 84.4 Å². The smallest absolute Gasteiger partial charge is 0.276 e. The number of rotatable bonds is 4. The molecule has 1 amide bonds. The summed E-state index contributed by atoms with van der Waals surface area (Å²) in [6.07, 6.45) is 0. The van der Waals surface area contributed by atoms with E-state index in [0.29, 0.717) is 5.69 Å². The normalized spacial score (nSPS) is 10.9. The molecule has 0 radical (unpaired) electrons. The first-order valence-corrected chi connectivity index (χ1v) is 11.1. The van der Waals surface area contributed by atoms with E-state index in [1.54, 1.807) is 0 Å². The van der Waals surface area contributed by atoms with Crippen molar-refractivity contribution in [1.82, 2.24) is 9.78 Å². The minimum Gasteiger partial charge on any atom is -0.321 e. The highest BCUT2D eigenvalue weighted by atomic mass is 79.9. The van der Waals surface area contributed by atoms with E-state index in [0.717, 1.165) is 43.4 Å². The van der Waals surface area contributed by atoms with Crippen LogP contribution in [0.2, 0.25) is 0 Å². The Morgan fingerprint density at radius 3 is 2.41 bits per heavy atom. The Kier molecular flexibility index (Phi) is 5.33. The van der Waals surface area contributed by atoms with Crippen molar-refractivity contribution in [3.63, 3.8) is 0 Å². The van der Waals surface area contributed by atoms with Gasteiger partial charge in [0.2, 0.25) is 0 Å². The fourth-order valence-electron chi connectivity index (χ4n) is 3.85. The third kappa shape index (κ3) is 3.83. The number of aromatic nitrogens is 2.